The van der Waals surface area contributed by atoms with Gasteiger partial charge in [-0.1, -0.05) is 0 Å². The normalized spacial score (nSPS) is 21.1. The lowest BCUT2D eigenvalue weighted by Crippen LogP contribution is -2.46. The number of piperidine rings is 1. The van der Waals surface area contributed by atoms with E-state index in [1.807, 2.05) is 6.07 Å². The van der Waals surface area contributed by atoms with Gasteiger partial charge in [0, 0.05) is 44.0 Å². The van der Waals surface area contributed by atoms with Crippen LogP contribution in [0, 0.1) is 5.92 Å². The zero-order chi connectivity index (χ0) is 14.7. The Bertz CT molecular complexity index is 468. The van der Waals surface area contributed by atoms with Crippen molar-refractivity contribution in [1.82, 2.24) is 15.3 Å². The second-order valence-corrected chi connectivity index (χ2v) is 6.08. The van der Waals surface area contributed by atoms with E-state index < -0.39 is 0 Å². The quantitative estimate of drug-likeness (QED) is 0.833. The van der Waals surface area contributed by atoms with Gasteiger partial charge in [0.15, 0.2) is 0 Å². The van der Waals surface area contributed by atoms with Gasteiger partial charge in [-0.3, -0.25) is 4.79 Å². The van der Waals surface area contributed by atoms with Crippen LogP contribution in [0.25, 0.3) is 0 Å². The Balaban J connectivity index is 1.42. The molecule has 3 rings (SSSR count). The summed E-state index contributed by atoms with van der Waals surface area (Å²) < 4.78 is 0. The highest BCUT2D eigenvalue weighted by Crippen LogP contribution is 2.32. The summed E-state index contributed by atoms with van der Waals surface area (Å²) in [6.07, 6.45) is 8.22. The molecule has 0 bridgehead atoms. The Hall–Kier alpha value is -1.69. The predicted molar refractivity (Wildman–Crippen MR) is 80.7 cm³/mol. The first kappa shape index (κ1) is 14.3. The fourth-order valence-electron chi connectivity index (χ4n) is 2.87. The summed E-state index contributed by atoms with van der Waals surface area (Å²) in [5.41, 5.74) is 6.00. The minimum absolute atomic E-state index is 0.0443. The van der Waals surface area contributed by atoms with Crippen LogP contribution in [0.15, 0.2) is 18.5 Å². The standard InChI is InChI=1S/C15H23N5O/c16-13(11-2-3-11)10-14(21)19-12-4-8-20(9-5-12)15-17-6-1-7-18-15/h1,6-7,11-13H,2-5,8-10,16H2,(H,19,21). The summed E-state index contributed by atoms with van der Waals surface area (Å²) in [5, 5.41) is 3.12. The monoisotopic (exact) mass is 289 g/mol. The molecular formula is C15H23N5O. The maximum Gasteiger partial charge on any atom is 0.225 e. The molecular weight excluding hydrogens is 266 g/mol. The van der Waals surface area contributed by atoms with E-state index in [9.17, 15) is 4.79 Å². The minimum Gasteiger partial charge on any atom is -0.353 e. The van der Waals surface area contributed by atoms with Crippen LogP contribution < -0.4 is 16.0 Å². The van der Waals surface area contributed by atoms with Crippen molar-refractivity contribution in [3.63, 3.8) is 0 Å². The first-order chi connectivity index (χ1) is 10.2. The Morgan fingerprint density at radius 1 is 1.29 bits per heavy atom. The van der Waals surface area contributed by atoms with Crippen molar-refractivity contribution in [2.24, 2.45) is 11.7 Å². The average molecular weight is 289 g/mol. The average Bonchev–Trinajstić information content (AvgIpc) is 3.33. The van der Waals surface area contributed by atoms with Gasteiger partial charge < -0.3 is 16.0 Å². The lowest BCUT2D eigenvalue weighted by Gasteiger charge is -2.32. The van der Waals surface area contributed by atoms with Crippen LogP contribution in [-0.2, 0) is 4.79 Å². The van der Waals surface area contributed by atoms with Gasteiger partial charge in [-0.05, 0) is 37.7 Å². The fraction of sp³-hybridized carbons (Fsp3) is 0.667. The highest BCUT2D eigenvalue weighted by molar-refractivity contribution is 5.77. The molecule has 0 spiro atoms. The molecule has 1 aliphatic heterocycles. The molecule has 1 unspecified atom stereocenters. The third kappa shape index (κ3) is 3.91. The molecule has 1 saturated heterocycles. The van der Waals surface area contributed by atoms with Gasteiger partial charge in [-0.2, -0.15) is 0 Å². The molecule has 3 N–H and O–H groups in total. The lowest BCUT2D eigenvalue weighted by molar-refractivity contribution is -0.122. The van der Waals surface area contributed by atoms with E-state index in [0.717, 1.165) is 31.9 Å². The van der Waals surface area contributed by atoms with Crippen molar-refractivity contribution in [2.45, 2.75) is 44.2 Å². The summed E-state index contributed by atoms with van der Waals surface area (Å²) in [4.78, 5) is 22.7. The third-order valence-electron chi connectivity index (χ3n) is 4.34. The minimum atomic E-state index is 0.0443. The molecule has 2 heterocycles. The predicted octanol–water partition coefficient (Wildman–Crippen LogP) is 0.689. The Morgan fingerprint density at radius 3 is 2.57 bits per heavy atom. The number of nitrogens with one attached hydrogen (secondary N) is 1. The number of amides is 1. The molecule has 2 fully saturated rings. The van der Waals surface area contributed by atoms with Crippen molar-refractivity contribution in [2.75, 3.05) is 18.0 Å². The zero-order valence-electron chi connectivity index (χ0n) is 12.2. The van der Waals surface area contributed by atoms with Crippen LogP contribution in [0.4, 0.5) is 5.95 Å². The molecule has 2 aliphatic rings. The van der Waals surface area contributed by atoms with Gasteiger partial charge in [0.25, 0.3) is 0 Å². The number of nitrogens with zero attached hydrogens (tertiary/aromatic N) is 3. The molecule has 0 radical (unpaired) electrons. The van der Waals surface area contributed by atoms with E-state index in [2.05, 4.69) is 20.2 Å². The summed E-state index contributed by atoms with van der Waals surface area (Å²) in [6.45, 7) is 1.76. The second kappa shape index (κ2) is 6.39. The molecule has 1 aliphatic carbocycles. The number of carbonyl (C=O) groups excluding carboxylic acids is 1. The maximum absolute atomic E-state index is 12.0. The molecule has 0 aromatic carbocycles. The number of carbonyl (C=O) groups is 1. The first-order valence-corrected chi connectivity index (χ1v) is 7.79. The summed E-state index contributed by atoms with van der Waals surface area (Å²) in [5.74, 6) is 1.45. The molecule has 1 aromatic heterocycles. The van der Waals surface area contributed by atoms with Crippen LogP contribution in [0.1, 0.15) is 32.1 Å². The molecule has 1 amide bonds. The number of nitrogens with two attached hydrogens (primary N) is 1. The van der Waals surface area contributed by atoms with Gasteiger partial charge >= 0.3 is 0 Å². The van der Waals surface area contributed by atoms with Gasteiger partial charge in [0.05, 0.1) is 0 Å². The summed E-state index contributed by atoms with van der Waals surface area (Å²) in [6, 6.07) is 2.12. The van der Waals surface area contributed by atoms with E-state index in [-0.39, 0.29) is 18.0 Å². The number of anilines is 1. The van der Waals surface area contributed by atoms with Crippen molar-refractivity contribution in [1.29, 1.82) is 0 Å². The Labute approximate surface area is 125 Å². The van der Waals surface area contributed by atoms with Crippen LogP contribution >= 0.6 is 0 Å². The molecule has 21 heavy (non-hydrogen) atoms. The number of hydrogen-bond donors (Lipinski definition) is 2. The van der Waals surface area contributed by atoms with Gasteiger partial charge in [-0.15, -0.1) is 0 Å². The Kier molecular flexibility index (Phi) is 4.34. The van der Waals surface area contributed by atoms with Crippen LogP contribution in [0.2, 0.25) is 0 Å². The number of aromatic nitrogens is 2. The molecule has 1 atom stereocenters. The molecule has 6 nitrogen and oxygen atoms in total. The number of rotatable bonds is 5. The van der Waals surface area contributed by atoms with E-state index in [1.54, 1.807) is 12.4 Å². The van der Waals surface area contributed by atoms with Crippen molar-refractivity contribution in [3.8, 4) is 0 Å². The fourth-order valence-corrected chi connectivity index (χ4v) is 2.87. The van der Waals surface area contributed by atoms with Crippen LogP contribution in [0.3, 0.4) is 0 Å². The zero-order valence-corrected chi connectivity index (χ0v) is 12.2. The van der Waals surface area contributed by atoms with Gasteiger partial charge in [0.2, 0.25) is 11.9 Å². The van der Waals surface area contributed by atoms with Gasteiger partial charge in [0.1, 0.15) is 0 Å². The van der Waals surface area contributed by atoms with E-state index >= 15 is 0 Å². The smallest absolute Gasteiger partial charge is 0.225 e. The van der Waals surface area contributed by atoms with E-state index in [0.29, 0.717) is 12.3 Å². The topological polar surface area (TPSA) is 84.1 Å². The van der Waals surface area contributed by atoms with Crippen molar-refractivity contribution < 1.29 is 4.79 Å². The van der Waals surface area contributed by atoms with Crippen molar-refractivity contribution >= 4 is 11.9 Å². The highest BCUT2D eigenvalue weighted by Gasteiger charge is 2.30. The number of hydrogen-bond acceptors (Lipinski definition) is 5. The Morgan fingerprint density at radius 2 is 1.95 bits per heavy atom. The van der Waals surface area contributed by atoms with Crippen molar-refractivity contribution in [3.05, 3.63) is 18.5 Å². The highest BCUT2D eigenvalue weighted by atomic mass is 16.1. The maximum atomic E-state index is 12.0. The summed E-state index contributed by atoms with van der Waals surface area (Å²) >= 11 is 0. The lowest BCUT2D eigenvalue weighted by atomic mass is 10.0. The van der Waals surface area contributed by atoms with E-state index in [1.165, 1.54) is 12.8 Å². The summed E-state index contributed by atoms with van der Waals surface area (Å²) in [7, 11) is 0. The largest absolute Gasteiger partial charge is 0.353 e. The molecule has 1 aromatic rings. The van der Waals surface area contributed by atoms with E-state index in [4.69, 9.17) is 5.73 Å². The third-order valence-corrected chi connectivity index (χ3v) is 4.34. The first-order valence-electron chi connectivity index (χ1n) is 7.79. The van der Waals surface area contributed by atoms with Crippen LogP contribution in [-0.4, -0.2) is 41.0 Å². The van der Waals surface area contributed by atoms with Gasteiger partial charge in [-0.25, -0.2) is 9.97 Å². The van der Waals surface area contributed by atoms with Crippen LogP contribution in [0.5, 0.6) is 0 Å². The molecule has 6 heteroatoms. The molecule has 114 valence electrons. The molecule has 1 saturated carbocycles. The SMILES string of the molecule is NC(CC(=O)NC1CCN(c2ncccn2)CC1)C1CC1. The second-order valence-electron chi connectivity index (χ2n) is 6.08.